The summed E-state index contributed by atoms with van der Waals surface area (Å²) in [6.45, 7) is 0. The maximum absolute atomic E-state index is 12.5. The Morgan fingerprint density at radius 3 is 2.16 bits per heavy atom. The molecule has 2 aromatic carbocycles. The van der Waals surface area contributed by atoms with Crippen LogP contribution in [0.3, 0.4) is 0 Å². The minimum absolute atomic E-state index is 0.0713. The van der Waals surface area contributed by atoms with Crippen molar-refractivity contribution in [3.63, 3.8) is 0 Å². The average molecular weight is 478 g/mol. The summed E-state index contributed by atoms with van der Waals surface area (Å²) >= 11 is 1.34. The number of nitrogens with one attached hydrogen (secondary N) is 2. The fraction of sp³-hybridized carbons (Fsp3) is 0.238. The fourth-order valence-electron chi connectivity index (χ4n) is 2.88. The number of aromatic nitrogens is 1. The molecule has 1 heterocycles. The molecular formula is C21H23N3O6S2. The number of hydrogen-bond donors (Lipinski definition) is 2. The van der Waals surface area contributed by atoms with Crippen molar-refractivity contribution in [3.05, 3.63) is 47.5 Å². The van der Waals surface area contributed by atoms with Gasteiger partial charge in [-0.1, -0.05) is 0 Å². The first-order chi connectivity index (χ1) is 15.2. The number of anilines is 3. The highest BCUT2D eigenvalue weighted by atomic mass is 32.2. The minimum Gasteiger partial charge on any atom is -0.493 e. The standard InChI is InChI=1S/C21H23N3O6S2/c1-28-17-9-14(10-18(29-2)20(17)30-3)22-19(25)11-15-12-31-21(24-15)23-13-5-7-16(8-6-13)32(4,26)27/h5-10,12H,11H2,1-4H3,(H,22,25)(H,23,24). The molecule has 1 amide bonds. The van der Waals surface area contributed by atoms with Crippen molar-refractivity contribution < 1.29 is 27.4 Å². The van der Waals surface area contributed by atoms with Gasteiger partial charge in [-0.05, 0) is 24.3 Å². The molecular weight excluding hydrogens is 454 g/mol. The lowest BCUT2D eigenvalue weighted by molar-refractivity contribution is -0.115. The highest BCUT2D eigenvalue weighted by Gasteiger charge is 2.15. The number of sulfone groups is 1. The third kappa shape index (κ3) is 5.68. The molecule has 0 unspecified atom stereocenters. The molecule has 9 nitrogen and oxygen atoms in total. The number of ether oxygens (including phenoxy) is 3. The summed E-state index contributed by atoms with van der Waals surface area (Å²) in [6, 6.07) is 9.66. The van der Waals surface area contributed by atoms with E-state index in [-0.39, 0.29) is 17.2 Å². The van der Waals surface area contributed by atoms with Crippen LogP contribution in [0.25, 0.3) is 0 Å². The van der Waals surface area contributed by atoms with E-state index in [2.05, 4.69) is 15.6 Å². The Hall–Kier alpha value is -3.31. The molecule has 0 radical (unpaired) electrons. The zero-order valence-electron chi connectivity index (χ0n) is 18.0. The number of amides is 1. The maximum atomic E-state index is 12.5. The van der Waals surface area contributed by atoms with Crippen LogP contribution >= 0.6 is 11.3 Å². The molecule has 0 aliphatic rings. The Labute approximate surface area is 190 Å². The molecule has 2 N–H and O–H groups in total. The van der Waals surface area contributed by atoms with E-state index in [1.165, 1.54) is 44.8 Å². The van der Waals surface area contributed by atoms with Gasteiger partial charge in [-0.2, -0.15) is 0 Å². The van der Waals surface area contributed by atoms with Crippen LogP contribution < -0.4 is 24.8 Å². The molecule has 0 aliphatic heterocycles. The quantitative estimate of drug-likeness (QED) is 0.481. The van der Waals surface area contributed by atoms with E-state index in [4.69, 9.17) is 14.2 Å². The Morgan fingerprint density at radius 1 is 1.00 bits per heavy atom. The molecule has 0 spiro atoms. The molecule has 0 bridgehead atoms. The molecule has 3 rings (SSSR count). The number of methoxy groups -OCH3 is 3. The van der Waals surface area contributed by atoms with Crippen LogP contribution in [-0.4, -0.2) is 46.9 Å². The molecule has 170 valence electrons. The number of thiazole rings is 1. The van der Waals surface area contributed by atoms with Crippen LogP contribution in [0.2, 0.25) is 0 Å². The van der Waals surface area contributed by atoms with E-state index in [9.17, 15) is 13.2 Å². The summed E-state index contributed by atoms with van der Waals surface area (Å²) in [5.74, 6) is 1.05. The van der Waals surface area contributed by atoms with Gasteiger partial charge in [0, 0.05) is 35.1 Å². The predicted molar refractivity (Wildman–Crippen MR) is 123 cm³/mol. The number of hydrogen-bond acceptors (Lipinski definition) is 9. The highest BCUT2D eigenvalue weighted by Crippen LogP contribution is 2.40. The first-order valence-electron chi connectivity index (χ1n) is 9.35. The summed E-state index contributed by atoms with van der Waals surface area (Å²) in [4.78, 5) is 17.2. The van der Waals surface area contributed by atoms with E-state index in [0.29, 0.717) is 39.4 Å². The first-order valence-corrected chi connectivity index (χ1v) is 12.1. The van der Waals surface area contributed by atoms with Gasteiger partial charge in [-0.15, -0.1) is 11.3 Å². The lowest BCUT2D eigenvalue weighted by Crippen LogP contribution is -2.15. The molecule has 0 saturated carbocycles. The highest BCUT2D eigenvalue weighted by molar-refractivity contribution is 7.90. The van der Waals surface area contributed by atoms with Crippen molar-refractivity contribution in [1.29, 1.82) is 0 Å². The molecule has 1 aromatic heterocycles. The molecule has 0 aliphatic carbocycles. The van der Waals surface area contributed by atoms with Crippen LogP contribution in [-0.2, 0) is 21.1 Å². The predicted octanol–water partition coefficient (Wildman–Crippen LogP) is 3.50. The molecule has 11 heteroatoms. The van der Waals surface area contributed by atoms with Crippen LogP contribution in [0.15, 0.2) is 46.7 Å². The molecule has 0 atom stereocenters. The summed E-state index contributed by atoms with van der Waals surface area (Å²) in [7, 11) is 1.26. The van der Waals surface area contributed by atoms with Gasteiger partial charge in [0.15, 0.2) is 26.5 Å². The summed E-state index contributed by atoms with van der Waals surface area (Å²) < 4.78 is 39.0. The van der Waals surface area contributed by atoms with Crippen molar-refractivity contribution in [1.82, 2.24) is 4.98 Å². The summed E-state index contributed by atoms with van der Waals surface area (Å²) in [6.07, 6.45) is 1.23. The van der Waals surface area contributed by atoms with Crippen LogP contribution in [0.4, 0.5) is 16.5 Å². The second-order valence-corrected chi connectivity index (χ2v) is 9.58. The van der Waals surface area contributed by atoms with E-state index in [1.807, 2.05) is 0 Å². The monoisotopic (exact) mass is 477 g/mol. The Morgan fingerprint density at radius 2 is 1.62 bits per heavy atom. The van der Waals surface area contributed by atoms with Crippen LogP contribution in [0.1, 0.15) is 5.69 Å². The van der Waals surface area contributed by atoms with Crippen molar-refractivity contribution in [2.45, 2.75) is 11.3 Å². The van der Waals surface area contributed by atoms with Crippen molar-refractivity contribution in [2.75, 3.05) is 38.2 Å². The fourth-order valence-corrected chi connectivity index (χ4v) is 4.24. The lowest BCUT2D eigenvalue weighted by atomic mass is 10.2. The van der Waals surface area contributed by atoms with Gasteiger partial charge in [-0.25, -0.2) is 13.4 Å². The van der Waals surface area contributed by atoms with Gasteiger partial charge in [0.2, 0.25) is 11.7 Å². The Bertz CT molecular complexity index is 1180. The minimum atomic E-state index is -3.25. The van der Waals surface area contributed by atoms with E-state index >= 15 is 0 Å². The van der Waals surface area contributed by atoms with Gasteiger partial charge in [-0.3, -0.25) is 4.79 Å². The third-order valence-corrected chi connectivity index (χ3v) is 6.31. The van der Waals surface area contributed by atoms with E-state index in [1.54, 1.807) is 29.6 Å². The van der Waals surface area contributed by atoms with E-state index in [0.717, 1.165) is 6.26 Å². The van der Waals surface area contributed by atoms with Gasteiger partial charge >= 0.3 is 0 Å². The summed E-state index contributed by atoms with van der Waals surface area (Å²) in [5.41, 5.74) is 1.79. The largest absolute Gasteiger partial charge is 0.493 e. The molecule has 0 fully saturated rings. The SMILES string of the molecule is COc1cc(NC(=O)Cc2csc(Nc3ccc(S(C)(=O)=O)cc3)n2)cc(OC)c1OC. The molecule has 32 heavy (non-hydrogen) atoms. The van der Waals surface area contributed by atoms with Gasteiger partial charge in [0.1, 0.15) is 0 Å². The van der Waals surface area contributed by atoms with Crippen molar-refractivity contribution >= 4 is 43.6 Å². The smallest absolute Gasteiger partial charge is 0.230 e. The third-order valence-electron chi connectivity index (χ3n) is 4.38. The van der Waals surface area contributed by atoms with Crippen molar-refractivity contribution in [2.24, 2.45) is 0 Å². The second-order valence-electron chi connectivity index (χ2n) is 6.70. The van der Waals surface area contributed by atoms with Crippen molar-refractivity contribution in [3.8, 4) is 17.2 Å². The molecule has 3 aromatic rings. The number of benzene rings is 2. The van der Waals surface area contributed by atoms with Gasteiger partial charge in [0.05, 0.1) is 38.3 Å². The zero-order valence-corrected chi connectivity index (χ0v) is 19.6. The van der Waals surface area contributed by atoms with Crippen LogP contribution in [0, 0.1) is 0 Å². The Balaban J connectivity index is 1.65. The maximum Gasteiger partial charge on any atom is 0.230 e. The number of carbonyl (C=O) groups is 1. The zero-order chi connectivity index (χ0) is 23.3. The molecule has 0 saturated heterocycles. The number of carbonyl (C=O) groups excluding carboxylic acids is 1. The van der Waals surface area contributed by atoms with E-state index < -0.39 is 9.84 Å². The van der Waals surface area contributed by atoms with Gasteiger partial charge in [0.25, 0.3) is 0 Å². The number of nitrogens with zero attached hydrogens (tertiary/aromatic N) is 1. The van der Waals surface area contributed by atoms with Crippen LogP contribution in [0.5, 0.6) is 17.2 Å². The average Bonchev–Trinajstić information content (AvgIpc) is 3.19. The van der Waals surface area contributed by atoms with Gasteiger partial charge < -0.3 is 24.8 Å². The number of rotatable bonds is 9. The summed E-state index contributed by atoms with van der Waals surface area (Å²) in [5, 5.41) is 8.28. The first kappa shape index (κ1) is 23.4. The Kier molecular flexibility index (Phi) is 7.21. The topological polar surface area (TPSA) is 116 Å². The lowest BCUT2D eigenvalue weighted by Gasteiger charge is -2.14. The second kappa shape index (κ2) is 9.88. The normalized spacial score (nSPS) is 11.0.